The zero-order valence-corrected chi connectivity index (χ0v) is 20.2. The third-order valence-electron chi connectivity index (χ3n) is 6.36. The number of rotatable bonds is 10. The van der Waals surface area contributed by atoms with Crippen LogP contribution in [0.1, 0.15) is 44.1 Å². The van der Waals surface area contributed by atoms with E-state index >= 15 is 0 Å². The molecular weight excluding hydrogens is 440 g/mol. The summed E-state index contributed by atoms with van der Waals surface area (Å²) >= 11 is 0. The number of nitrogens with zero attached hydrogens (tertiary/aromatic N) is 4. The molecule has 1 aliphatic carbocycles. The van der Waals surface area contributed by atoms with Crippen molar-refractivity contribution in [3.05, 3.63) is 54.6 Å². The Labute approximate surface area is 201 Å². The van der Waals surface area contributed by atoms with Gasteiger partial charge in [0.1, 0.15) is 0 Å². The van der Waals surface area contributed by atoms with Gasteiger partial charge in [0.25, 0.3) is 0 Å². The van der Waals surface area contributed by atoms with E-state index in [2.05, 4.69) is 21.7 Å². The Morgan fingerprint density at radius 1 is 0.970 bits per heavy atom. The maximum atomic E-state index is 13.2. The van der Waals surface area contributed by atoms with E-state index in [-0.39, 0.29) is 30.2 Å². The molecule has 8 heteroatoms. The van der Waals surface area contributed by atoms with E-state index in [0.717, 1.165) is 56.3 Å². The van der Waals surface area contributed by atoms with E-state index in [1.807, 2.05) is 36.9 Å². The summed E-state index contributed by atoms with van der Waals surface area (Å²) in [5.41, 5.74) is 1.96. The first-order valence-electron chi connectivity index (χ1n) is 11.4. The van der Waals surface area contributed by atoms with Crippen LogP contribution >= 0.6 is 12.4 Å². The Morgan fingerprint density at radius 3 is 2.39 bits per heavy atom. The third-order valence-corrected chi connectivity index (χ3v) is 6.36. The van der Waals surface area contributed by atoms with Gasteiger partial charge < -0.3 is 14.0 Å². The highest BCUT2D eigenvalue weighted by atomic mass is 35.5. The number of hydrogen-bond donors (Lipinski definition) is 0. The van der Waals surface area contributed by atoms with Crippen LogP contribution in [0.5, 0.6) is 11.5 Å². The molecule has 2 aromatic rings. The second-order valence-electron chi connectivity index (χ2n) is 8.39. The van der Waals surface area contributed by atoms with Crippen LogP contribution in [0.15, 0.2) is 54.2 Å². The zero-order chi connectivity index (χ0) is 22.3. The summed E-state index contributed by atoms with van der Waals surface area (Å²) in [5.74, 6) is 1.59. The molecule has 2 atom stereocenters. The molecule has 0 unspecified atom stereocenters. The topological polar surface area (TPSA) is 69.0 Å². The Bertz CT molecular complexity index is 974. The normalized spacial score (nSPS) is 19.5. The van der Waals surface area contributed by atoms with Crippen LogP contribution in [0.4, 0.5) is 0 Å². The van der Waals surface area contributed by atoms with Crippen LogP contribution in [-0.4, -0.2) is 46.9 Å². The van der Waals surface area contributed by atoms with Crippen molar-refractivity contribution in [1.82, 2.24) is 14.6 Å². The van der Waals surface area contributed by atoms with Gasteiger partial charge in [0, 0.05) is 37.0 Å². The minimum atomic E-state index is -0.0400. The van der Waals surface area contributed by atoms with Crippen molar-refractivity contribution in [2.75, 3.05) is 20.8 Å². The molecule has 4 rings (SSSR count). The summed E-state index contributed by atoms with van der Waals surface area (Å²) < 4.78 is 13.0. The first-order valence-corrected chi connectivity index (χ1v) is 11.4. The average molecular weight is 473 g/mol. The number of carbonyl (C=O) groups is 1. The highest BCUT2D eigenvalue weighted by molar-refractivity contribution is 6.07. The fourth-order valence-electron chi connectivity index (χ4n) is 4.59. The van der Waals surface area contributed by atoms with Gasteiger partial charge in [0.15, 0.2) is 11.5 Å². The van der Waals surface area contributed by atoms with Crippen LogP contribution in [0.3, 0.4) is 0 Å². The van der Waals surface area contributed by atoms with Crippen molar-refractivity contribution in [2.24, 2.45) is 16.9 Å². The zero-order valence-electron chi connectivity index (χ0n) is 19.4. The van der Waals surface area contributed by atoms with E-state index in [9.17, 15) is 4.79 Å². The van der Waals surface area contributed by atoms with Crippen LogP contribution < -0.4 is 9.47 Å². The highest BCUT2D eigenvalue weighted by Gasteiger charge is 2.39. The standard InChI is InChI=1S/C25H32N4O3.ClH/c1-31-22-12-11-19(17-23(22)32-2)24-20-9-5-6-10-21(20)25(30)29(27-24)15-8-4-3-7-14-28-16-13-26-18-28;/h5-6,11-13,16-18,20-21H,3-4,7-10,14-15H2,1-2H3;1H/t20-,21+;/m1./s1. The quantitative estimate of drug-likeness (QED) is 0.371. The maximum Gasteiger partial charge on any atom is 0.246 e. The van der Waals surface area contributed by atoms with Gasteiger partial charge in [0.2, 0.25) is 5.91 Å². The van der Waals surface area contributed by atoms with Crippen LogP contribution in [-0.2, 0) is 11.3 Å². The minimum absolute atomic E-state index is 0. The van der Waals surface area contributed by atoms with Gasteiger partial charge in [-0.1, -0.05) is 25.0 Å². The van der Waals surface area contributed by atoms with Gasteiger partial charge >= 0.3 is 0 Å². The molecule has 2 heterocycles. The van der Waals surface area contributed by atoms with Crippen LogP contribution in [0.25, 0.3) is 0 Å². The Hall–Kier alpha value is -2.80. The molecule has 0 saturated carbocycles. The van der Waals surface area contributed by atoms with Crippen LogP contribution in [0, 0.1) is 11.8 Å². The molecule has 7 nitrogen and oxygen atoms in total. The summed E-state index contributed by atoms with van der Waals surface area (Å²) in [6.45, 7) is 1.65. The number of methoxy groups -OCH3 is 2. The summed E-state index contributed by atoms with van der Waals surface area (Å²) in [6, 6.07) is 5.89. The van der Waals surface area contributed by atoms with E-state index in [4.69, 9.17) is 14.6 Å². The molecule has 0 radical (unpaired) electrons. The first kappa shape index (κ1) is 24.8. The SMILES string of the molecule is COc1ccc(C2=NN(CCCCCCn3ccnc3)C(=O)[C@H]3CC=CC[C@@H]23)cc1OC.Cl. The predicted octanol–water partition coefficient (Wildman–Crippen LogP) is 4.71. The number of ether oxygens (including phenoxy) is 2. The molecular formula is C25H33ClN4O3. The molecule has 178 valence electrons. The maximum absolute atomic E-state index is 13.2. The lowest BCUT2D eigenvalue weighted by Gasteiger charge is -2.37. The fraction of sp³-hybridized carbons (Fsp3) is 0.480. The van der Waals surface area contributed by atoms with Gasteiger partial charge in [-0.2, -0.15) is 5.10 Å². The number of aryl methyl sites for hydroxylation is 1. The monoisotopic (exact) mass is 472 g/mol. The summed E-state index contributed by atoms with van der Waals surface area (Å²) in [4.78, 5) is 17.2. The number of amides is 1. The smallest absolute Gasteiger partial charge is 0.246 e. The van der Waals surface area contributed by atoms with Gasteiger partial charge in [-0.05, 0) is 43.9 Å². The number of benzene rings is 1. The number of unbranched alkanes of at least 4 members (excludes halogenated alkanes) is 3. The minimum Gasteiger partial charge on any atom is -0.493 e. The van der Waals surface area contributed by atoms with E-state index in [1.165, 1.54) is 0 Å². The molecule has 1 amide bonds. The average Bonchev–Trinajstić information content (AvgIpc) is 3.36. The lowest BCUT2D eigenvalue weighted by molar-refractivity contribution is -0.137. The van der Waals surface area contributed by atoms with Crippen molar-refractivity contribution in [1.29, 1.82) is 0 Å². The predicted molar refractivity (Wildman–Crippen MR) is 131 cm³/mol. The summed E-state index contributed by atoms with van der Waals surface area (Å²) in [6.07, 6.45) is 15.8. The van der Waals surface area contributed by atoms with Crippen molar-refractivity contribution in [3.8, 4) is 11.5 Å². The lowest BCUT2D eigenvalue weighted by atomic mass is 9.76. The number of aromatic nitrogens is 2. The van der Waals surface area contributed by atoms with Gasteiger partial charge in [-0.15, -0.1) is 12.4 Å². The largest absolute Gasteiger partial charge is 0.493 e. The Kier molecular flexibility index (Phi) is 8.95. The summed E-state index contributed by atoms with van der Waals surface area (Å²) in [7, 11) is 3.27. The number of carbonyl (C=O) groups excluding carboxylic acids is 1. The molecule has 2 aliphatic rings. The van der Waals surface area contributed by atoms with Crippen molar-refractivity contribution >= 4 is 24.0 Å². The molecule has 0 spiro atoms. The number of fused-ring (bicyclic) bond motifs is 1. The molecule has 1 aromatic heterocycles. The molecule has 0 fully saturated rings. The van der Waals surface area contributed by atoms with Crippen molar-refractivity contribution in [2.45, 2.75) is 45.1 Å². The second kappa shape index (κ2) is 11.9. The lowest BCUT2D eigenvalue weighted by Crippen LogP contribution is -2.45. The third kappa shape index (κ3) is 5.77. The van der Waals surface area contributed by atoms with Gasteiger partial charge in [-0.3, -0.25) is 4.79 Å². The number of allylic oxidation sites excluding steroid dienone is 2. The van der Waals surface area contributed by atoms with Crippen molar-refractivity contribution < 1.29 is 14.3 Å². The van der Waals surface area contributed by atoms with E-state index in [0.29, 0.717) is 18.0 Å². The summed E-state index contributed by atoms with van der Waals surface area (Å²) in [5, 5.41) is 6.58. The molecule has 33 heavy (non-hydrogen) atoms. The molecule has 1 aromatic carbocycles. The molecule has 0 bridgehead atoms. The van der Waals surface area contributed by atoms with E-state index in [1.54, 1.807) is 19.2 Å². The van der Waals surface area contributed by atoms with Crippen LogP contribution in [0.2, 0.25) is 0 Å². The number of hydrogen-bond acceptors (Lipinski definition) is 5. The highest BCUT2D eigenvalue weighted by Crippen LogP contribution is 2.37. The molecule has 1 aliphatic heterocycles. The van der Waals surface area contributed by atoms with Gasteiger partial charge in [-0.25, -0.2) is 9.99 Å². The van der Waals surface area contributed by atoms with Crippen molar-refractivity contribution in [3.63, 3.8) is 0 Å². The molecule has 0 N–H and O–H groups in total. The number of halogens is 1. The fourth-order valence-corrected chi connectivity index (χ4v) is 4.59. The second-order valence-corrected chi connectivity index (χ2v) is 8.39. The van der Waals surface area contributed by atoms with Gasteiger partial charge in [0.05, 0.1) is 32.2 Å². The number of hydrazone groups is 1. The van der Waals surface area contributed by atoms with E-state index < -0.39 is 0 Å². The number of imidazole rings is 1. The Balaban J connectivity index is 0.00000306. The molecule has 0 saturated heterocycles. The first-order chi connectivity index (χ1) is 15.7. The Morgan fingerprint density at radius 2 is 1.70 bits per heavy atom.